The van der Waals surface area contributed by atoms with Gasteiger partial charge in [-0.2, -0.15) is 0 Å². The highest BCUT2D eigenvalue weighted by atomic mass is 16.2. The minimum absolute atomic E-state index is 0.183. The molecule has 0 amide bonds. The predicted molar refractivity (Wildman–Crippen MR) is 108 cm³/mol. The van der Waals surface area contributed by atoms with Gasteiger partial charge < -0.3 is 4.90 Å². The molecule has 0 unspecified atom stereocenters. The standard InChI is InChI=1S/C19H24N6O2/c1-4-5-6-7-10-25-18(26)16-17(23-19(25)27)22-15-11-13(20-12-24(2)3)8-9-14(15)21-16/h8-9,11-12H,4-7,10H2,1-3H3,(H,22,23,27). The molecule has 0 aliphatic heterocycles. The fourth-order valence-corrected chi connectivity index (χ4v) is 2.83. The first-order valence-electron chi connectivity index (χ1n) is 9.15. The molecular formula is C19H24N6O2. The van der Waals surface area contributed by atoms with Crippen LogP contribution in [-0.4, -0.2) is 44.9 Å². The average Bonchev–Trinajstić information content (AvgIpc) is 2.64. The van der Waals surface area contributed by atoms with Gasteiger partial charge in [-0.3, -0.25) is 14.3 Å². The second-order valence-corrected chi connectivity index (χ2v) is 6.75. The number of hydrogen-bond donors (Lipinski definition) is 1. The lowest BCUT2D eigenvalue weighted by molar-refractivity contribution is 0.553. The monoisotopic (exact) mass is 368 g/mol. The predicted octanol–water partition coefficient (Wildman–Crippen LogP) is 2.43. The maximum atomic E-state index is 12.7. The van der Waals surface area contributed by atoms with Crippen molar-refractivity contribution in [1.82, 2.24) is 24.4 Å². The van der Waals surface area contributed by atoms with Crippen LogP contribution in [0, 0.1) is 0 Å². The van der Waals surface area contributed by atoms with Gasteiger partial charge >= 0.3 is 5.69 Å². The first-order valence-corrected chi connectivity index (χ1v) is 9.15. The van der Waals surface area contributed by atoms with Crippen LogP contribution < -0.4 is 11.2 Å². The second-order valence-electron chi connectivity index (χ2n) is 6.75. The number of fused-ring (bicyclic) bond motifs is 2. The molecule has 1 aromatic carbocycles. The number of unbranched alkanes of at least 4 members (excludes halogenated alkanes) is 3. The lowest BCUT2D eigenvalue weighted by Gasteiger charge is -2.07. The number of nitrogens with one attached hydrogen (secondary N) is 1. The topological polar surface area (TPSA) is 96.2 Å². The van der Waals surface area contributed by atoms with Gasteiger partial charge in [0.2, 0.25) is 0 Å². The van der Waals surface area contributed by atoms with Gasteiger partial charge in [0.1, 0.15) is 0 Å². The van der Waals surface area contributed by atoms with E-state index in [-0.39, 0.29) is 11.2 Å². The molecule has 0 radical (unpaired) electrons. The number of rotatable bonds is 7. The smallest absolute Gasteiger partial charge is 0.330 e. The fourth-order valence-electron chi connectivity index (χ4n) is 2.83. The maximum absolute atomic E-state index is 12.7. The summed E-state index contributed by atoms with van der Waals surface area (Å²) in [5, 5.41) is 0. The van der Waals surface area contributed by atoms with Crippen molar-refractivity contribution in [2.45, 2.75) is 39.2 Å². The highest BCUT2D eigenvalue weighted by molar-refractivity contribution is 5.85. The summed E-state index contributed by atoms with van der Waals surface area (Å²) < 4.78 is 1.22. The lowest BCUT2D eigenvalue weighted by atomic mass is 10.2. The van der Waals surface area contributed by atoms with Crippen molar-refractivity contribution in [3.05, 3.63) is 39.0 Å². The van der Waals surface area contributed by atoms with Crippen LogP contribution in [-0.2, 0) is 6.54 Å². The zero-order valence-corrected chi connectivity index (χ0v) is 15.9. The van der Waals surface area contributed by atoms with Gasteiger partial charge in [-0.15, -0.1) is 0 Å². The zero-order valence-electron chi connectivity index (χ0n) is 15.9. The molecule has 0 aliphatic carbocycles. The van der Waals surface area contributed by atoms with E-state index in [1.54, 1.807) is 18.5 Å². The molecule has 1 N–H and O–H groups in total. The fraction of sp³-hybridized carbons (Fsp3) is 0.421. The molecule has 0 saturated carbocycles. The van der Waals surface area contributed by atoms with Crippen molar-refractivity contribution < 1.29 is 0 Å². The van der Waals surface area contributed by atoms with Crippen LogP contribution in [0.4, 0.5) is 5.69 Å². The Labute approximate surface area is 156 Å². The molecule has 0 bridgehead atoms. The molecule has 142 valence electrons. The van der Waals surface area contributed by atoms with E-state index in [0.717, 1.165) is 31.4 Å². The molecule has 8 nitrogen and oxygen atoms in total. The zero-order chi connectivity index (χ0) is 19.4. The van der Waals surface area contributed by atoms with Crippen LogP contribution in [0.3, 0.4) is 0 Å². The maximum Gasteiger partial charge on any atom is 0.330 e. The van der Waals surface area contributed by atoms with E-state index in [9.17, 15) is 9.59 Å². The Morgan fingerprint density at radius 1 is 1.15 bits per heavy atom. The van der Waals surface area contributed by atoms with Crippen molar-refractivity contribution in [3.8, 4) is 0 Å². The number of nitrogens with zero attached hydrogens (tertiary/aromatic N) is 5. The summed E-state index contributed by atoms with van der Waals surface area (Å²) in [6.45, 7) is 2.51. The van der Waals surface area contributed by atoms with Gasteiger partial charge in [0, 0.05) is 20.6 Å². The van der Waals surface area contributed by atoms with Crippen LogP contribution in [0.15, 0.2) is 32.8 Å². The van der Waals surface area contributed by atoms with Crippen LogP contribution >= 0.6 is 0 Å². The Morgan fingerprint density at radius 2 is 1.96 bits per heavy atom. The highest BCUT2D eigenvalue weighted by Crippen LogP contribution is 2.19. The van der Waals surface area contributed by atoms with Gasteiger partial charge in [0.25, 0.3) is 5.56 Å². The molecule has 8 heteroatoms. The molecule has 3 rings (SSSR count). The number of aromatic nitrogens is 4. The van der Waals surface area contributed by atoms with Gasteiger partial charge in [0.05, 0.1) is 23.1 Å². The lowest BCUT2D eigenvalue weighted by Crippen LogP contribution is -2.35. The summed E-state index contributed by atoms with van der Waals surface area (Å²) in [5.41, 5.74) is 1.43. The quantitative estimate of drug-likeness (QED) is 0.299. The van der Waals surface area contributed by atoms with Crippen LogP contribution in [0.2, 0.25) is 0 Å². The Bertz CT molecular complexity index is 1100. The minimum atomic E-state index is -0.445. The van der Waals surface area contributed by atoms with Crippen molar-refractivity contribution in [2.75, 3.05) is 14.1 Å². The summed E-state index contributed by atoms with van der Waals surface area (Å²) in [6.07, 6.45) is 5.65. The number of benzene rings is 1. The third-order valence-corrected chi connectivity index (χ3v) is 4.24. The Balaban J connectivity index is 2.03. The minimum Gasteiger partial charge on any atom is -0.369 e. The molecule has 2 aromatic heterocycles. The first-order chi connectivity index (χ1) is 13.0. The number of aliphatic imine (C=N–C) groups is 1. The highest BCUT2D eigenvalue weighted by Gasteiger charge is 2.11. The van der Waals surface area contributed by atoms with E-state index < -0.39 is 11.2 Å². The SMILES string of the molecule is CCCCCCn1c(=O)[nH]c2nc3cc(N=CN(C)C)ccc3nc2c1=O. The summed E-state index contributed by atoms with van der Waals surface area (Å²) in [4.78, 5) is 42.7. The average molecular weight is 368 g/mol. The van der Waals surface area contributed by atoms with Crippen LogP contribution in [0.5, 0.6) is 0 Å². The van der Waals surface area contributed by atoms with E-state index in [4.69, 9.17) is 0 Å². The van der Waals surface area contributed by atoms with Crippen molar-refractivity contribution in [2.24, 2.45) is 4.99 Å². The molecule has 3 aromatic rings. The van der Waals surface area contributed by atoms with Crippen molar-refractivity contribution >= 4 is 34.2 Å². The third kappa shape index (κ3) is 4.21. The molecule has 0 fully saturated rings. The van der Waals surface area contributed by atoms with Gasteiger partial charge in [-0.05, 0) is 24.6 Å². The molecular weight excluding hydrogens is 344 g/mol. The summed E-state index contributed by atoms with van der Waals surface area (Å²) >= 11 is 0. The Hall–Kier alpha value is -3.03. The molecule has 0 aliphatic rings. The number of aromatic amines is 1. The van der Waals surface area contributed by atoms with Crippen molar-refractivity contribution in [3.63, 3.8) is 0 Å². The van der Waals surface area contributed by atoms with E-state index >= 15 is 0 Å². The molecule has 27 heavy (non-hydrogen) atoms. The van der Waals surface area contributed by atoms with E-state index in [0.29, 0.717) is 17.6 Å². The Kier molecular flexibility index (Phi) is 5.63. The van der Waals surface area contributed by atoms with E-state index in [1.807, 2.05) is 25.1 Å². The summed E-state index contributed by atoms with van der Waals surface area (Å²) in [5.74, 6) is 0. The van der Waals surface area contributed by atoms with Crippen LogP contribution in [0.25, 0.3) is 22.2 Å². The van der Waals surface area contributed by atoms with Crippen molar-refractivity contribution in [1.29, 1.82) is 0 Å². The van der Waals surface area contributed by atoms with E-state index in [1.165, 1.54) is 4.57 Å². The molecule has 0 atom stereocenters. The second kappa shape index (κ2) is 8.11. The number of hydrogen-bond acceptors (Lipinski definition) is 5. The number of H-pyrrole nitrogens is 1. The first kappa shape index (κ1) is 18.8. The van der Waals surface area contributed by atoms with Gasteiger partial charge in [-0.1, -0.05) is 26.2 Å². The summed E-state index contributed by atoms with van der Waals surface area (Å²) in [6, 6.07) is 5.37. The Morgan fingerprint density at radius 3 is 2.70 bits per heavy atom. The summed E-state index contributed by atoms with van der Waals surface area (Å²) in [7, 11) is 3.77. The van der Waals surface area contributed by atoms with Crippen LogP contribution in [0.1, 0.15) is 32.6 Å². The molecule has 0 saturated heterocycles. The van der Waals surface area contributed by atoms with E-state index in [2.05, 4.69) is 26.9 Å². The normalized spacial score (nSPS) is 11.7. The molecule has 0 spiro atoms. The molecule has 2 heterocycles. The van der Waals surface area contributed by atoms with Gasteiger partial charge in [0.15, 0.2) is 11.2 Å². The van der Waals surface area contributed by atoms with Gasteiger partial charge in [-0.25, -0.2) is 19.8 Å². The third-order valence-electron chi connectivity index (χ3n) is 4.24. The largest absolute Gasteiger partial charge is 0.369 e.